The molecule has 1 aromatic heterocycles. The van der Waals surface area contributed by atoms with Gasteiger partial charge in [0, 0.05) is 31.9 Å². The predicted molar refractivity (Wildman–Crippen MR) is 133 cm³/mol. The normalized spacial score (nSPS) is 15.9. The molecule has 0 saturated carbocycles. The lowest BCUT2D eigenvalue weighted by Crippen LogP contribution is -2.37. The van der Waals surface area contributed by atoms with Crippen molar-refractivity contribution >= 4 is 11.8 Å². The van der Waals surface area contributed by atoms with E-state index in [2.05, 4.69) is 70.2 Å². The van der Waals surface area contributed by atoms with Gasteiger partial charge in [0.15, 0.2) is 0 Å². The smallest absolute Gasteiger partial charge is 0.342 e. The molecule has 172 valence electrons. The summed E-state index contributed by atoms with van der Waals surface area (Å²) in [5.74, 6) is 0.427. The maximum atomic E-state index is 12.6. The molecular formula is C28H33N3O2. The van der Waals surface area contributed by atoms with Gasteiger partial charge in [-0.1, -0.05) is 61.5 Å². The fourth-order valence-corrected chi connectivity index (χ4v) is 4.48. The molecule has 0 aliphatic carbocycles. The van der Waals surface area contributed by atoms with Crippen LogP contribution in [0.1, 0.15) is 43.1 Å². The lowest BCUT2D eigenvalue weighted by atomic mass is 10.0. The van der Waals surface area contributed by atoms with Crippen molar-refractivity contribution in [2.24, 2.45) is 0 Å². The van der Waals surface area contributed by atoms with Crippen molar-refractivity contribution in [2.45, 2.75) is 45.9 Å². The highest BCUT2D eigenvalue weighted by molar-refractivity contribution is 5.95. The SMILES string of the molecule is CCN(Cc1ccc(-c2ccccc2)cc1)[C@@H]1CCN(c2ncccc2C(=O)OC(C)C)C1. The van der Waals surface area contributed by atoms with Gasteiger partial charge in [-0.05, 0) is 55.6 Å². The van der Waals surface area contributed by atoms with E-state index in [0.717, 1.165) is 38.4 Å². The molecule has 1 atom stereocenters. The van der Waals surface area contributed by atoms with Gasteiger partial charge in [-0.2, -0.15) is 0 Å². The standard InChI is InChI=1S/C28H33N3O2/c1-4-30(19-22-12-14-24(15-13-22)23-9-6-5-7-10-23)25-16-18-31(20-25)27-26(11-8-17-29-27)28(32)33-21(2)3/h5-15,17,21,25H,4,16,18-20H2,1-3H3/t25-/m1/s1. The summed E-state index contributed by atoms with van der Waals surface area (Å²) >= 11 is 0. The number of hydrogen-bond donors (Lipinski definition) is 0. The predicted octanol–water partition coefficient (Wildman–Crippen LogP) is 5.41. The van der Waals surface area contributed by atoms with E-state index in [1.54, 1.807) is 12.3 Å². The second-order valence-corrected chi connectivity index (χ2v) is 8.84. The van der Waals surface area contributed by atoms with Crippen LogP contribution in [0, 0.1) is 0 Å². The number of ether oxygens (including phenoxy) is 1. The van der Waals surface area contributed by atoms with Crippen LogP contribution in [-0.2, 0) is 11.3 Å². The van der Waals surface area contributed by atoms with Crippen LogP contribution in [0.2, 0.25) is 0 Å². The van der Waals surface area contributed by atoms with Crippen molar-refractivity contribution in [3.05, 3.63) is 84.1 Å². The second kappa shape index (κ2) is 10.6. The zero-order valence-corrected chi connectivity index (χ0v) is 19.8. The van der Waals surface area contributed by atoms with E-state index in [9.17, 15) is 4.79 Å². The number of rotatable bonds is 8. The highest BCUT2D eigenvalue weighted by Crippen LogP contribution is 2.27. The largest absolute Gasteiger partial charge is 0.459 e. The Bertz CT molecular complexity index is 1050. The van der Waals surface area contributed by atoms with Gasteiger partial charge in [0.2, 0.25) is 0 Å². The summed E-state index contributed by atoms with van der Waals surface area (Å²) in [6, 6.07) is 23.4. The second-order valence-electron chi connectivity index (χ2n) is 8.84. The number of nitrogens with zero attached hydrogens (tertiary/aromatic N) is 3. The van der Waals surface area contributed by atoms with Gasteiger partial charge in [-0.25, -0.2) is 9.78 Å². The molecule has 5 nitrogen and oxygen atoms in total. The molecule has 0 amide bonds. The summed E-state index contributed by atoms with van der Waals surface area (Å²) in [5.41, 5.74) is 4.34. The molecule has 0 radical (unpaired) electrons. The average molecular weight is 444 g/mol. The van der Waals surface area contributed by atoms with Crippen molar-refractivity contribution in [2.75, 3.05) is 24.5 Å². The monoisotopic (exact) mass is 443 g/mol. The van der Waals surface area contributed by atoms with Crippen molar-refractivity contribution in [3.63, 3.8) is 0 Å². The minimum absolute atomic E-state index is 0.152. The summed E-state index contributed by atoms with van der Waals surface area (Å²) in [4.78, 5) is 21.9. The Hall–Kier alpha value is -3.18. The molecule has 1 fully saturated rings. The van der Waals surface area contributed by atoms with Gasteiger partial charge in [-0.3, -0.25) is 4.90 Å². The van der Waals surface area contributed by atoms with Gasteiger partial charge in [0.25, 0.3) is 0 Å². The fraction of sp³-hybridized carbons (Fsp3) is 0.357. The Balaban J connectivity index is 1.43. The maximum absolute atomic E-state index is 12.6. The minimum atomic E-state index is -0.303. The molecule has 1 saturated heterocycles. The Morgan fingerprint density at radius 2 is 1.79 bits per heavy atom. The van der Waals surface area contributed by atoms with E-state index < -0.39 is 0 Å². The number of likely N-dealkylation sites (N-methyl/N-ethyl adjacent to an activating group) is 1. The Kier molecular flexibility index (Phi) is 7.40. The molecule has 0 unspecified atom stereocenters. The Morgan fingerprint density at radius 3 is 2.48 bits per heavy atom. The first-order valence-corrected chi connectivity index (χ1v) is 11.8. The third kappa shape index (κ3) is 5.60. The van der Waals surface area contributed by atoms with Crippen molar-refractivity contribution < 1.29 is 9.53 Å². The van der Waals surface area contributed by atoms with E-state index >= 15 is 0 Å². The lowest BCUT2D eigenvalue weighted by Gasteiger charge is -2.28. The molecule has 1 aliphatic heterocycles. The first-order chi connectivity index (χ1) is 16.0. The number of carbonyl (C=O) groups excluding carboxylic acids is 1. The molecule has 0 N–H and O–H groups in total. The first-order valence-electron chi connectivity index (χ1n) is 11.8. The third-order valence-electron chi connectivity index (χ3n) is 6.18. The van der Waals surface area contributed by atoms with Crippen LogP contribution in [-0.4, -0.2) is 47.6 Å². The molecule has 0 bridgehead atoms. The van der Waals surface area contributed by atoms with Gasteiger partial charge < -0.3 is 9.64 Å². The summed E-state index contributed by atoms with van der Waals surface area (Å²) in [6.07, 6.45) is 2.65. The molecule has 1 aliphatic rings. The van der Waals surface area contributed by atoms with Crippen LogP contribution in [0.3, 0.4) is 0 Å². The number of hydrogen-bond acceptors (Lipinski definition) is 5. The van der Waals surface area contributed by atoms with E-state index in [4.69, 9.17) is 4.74 Å². The van der Waals surface area contributed by atoms with E-state index in [1.807, 2.05) is 26.0 Å². The van der Waals surface area contributed by atoms with Gasteiger partial charge in [-0.15, -0.1) is 0 Å². The van der Waals surface area contributed by atoms with E-state index in [-0.39, 0.29) is 12.1 Å². The Labute approximate surface area is 197 Å². The molecule has 5 heteroatoms. The van der Waals surface area contributed by atoms with Crippen molar-refractivity contribution in [3.8, 4) is 11.1 Å². The minimum Gasteiger partial charge on any atom is -0.459 e. The maximum Gasteiger partial charge on any atom is 0.342 e. The molecule has 2 heterocycles. The number of aromatic nitrogens is 1. The summed E-state index contributed by atoms with van der Waals surface area (Å²) < 4.78 is 5.44. The first kappa shape index (κ1) is 23.0. The van der Waals surface area contributed by atoms with Crippen molar-refractivity contribution in [1.29, 1.82) is 0 Å². The zero-order valence-electron chi connectivity index (χ0n) is 19.8. The summed E-state index contributed by atoms with van der Waals surface area (Å²) in [7, 11) is 0. The number of pyridine rings is 1. The topological polar surface area (TPSA) is 45.7 Å². The summed E-state index contributed by atoms with van der Waals surface area (Å²) in [5, 5.41) is 0. The number of carbonyl (C=O) groups is 1. The summed E-state index contributed by atoms with van der Waals surface area (Å²) in [6.45, 7) is 9.57. The van der Waals surface area contributed by atoms with Crippen LogP contribution in [0.5, 0.6) is 0 Å². The van der Waals surface area contributed by atoms with Crippen LogP contribution in [0.15, 0.2) is 72.9 Å². The number of esters is 1. The molecule has 0 spiro atoms. The van der Waals surface area contributed by atoms with Crippen LogP contribution >= 0.6 is 0 Å². The molecule has 4 rings (SSSR count). The van der Waals surface area contributed by atoms with E-state index in [1.165, 1.54) is 16.7 Å². The molecule has 33 heavy (non-hydrogen) atoms. The van der Waals surface area contributed by atoms with Crippen molar-refractivity contribution in [1.82, 2.24) is 9.88 Å². The third-order valence-corrected chi connectivity index (χ3v) is 6.18. The highest BCUT2D eigenvalue weighted by atomic mass is 16.5. The van der Waals surface area contributed by atoms with Crippen LogP contribution < -0.4 is 4.90 Å². The Morgan fingerprint density at radius 1 is 1.06 bits per heavy atom. The van der Waals surface area contributed by atoms with Crippen LogP contribution in [0.4, 0.5) is 5.82 Å². The number of anilines is 1. The van der Waals surface area contributed by atoms with E-state index in [0.29, 0.717) is 11.6 Å². The lowest BCUT2D eigenvalue weighted by molar-refractivity contribution is 0.0378. The van der Waals surface area contributed by atoms with Crippen LogP contribution in [0.25, 0.3) is 11.1 Å². The molecular weight excluding hydrogens is 410 g/mol. The fourth-order valence-electron chi connectivity index (χ4n) is 4.48. The molecule has 3 aromatic rings. The van der Waals surface area contributed by atoms with Gasteiger partial charge in [0.1, 0.15) is 11.4 Å². The number of benzene rings is 2. The average Bonchev–Trinajstić information content (AvgIpc) is 3.33. The quantitative estimate of drug-likeness (QED) is 0.435. The zero-order chi connectivity index (χ0) is 23.2. The molecule has 2 aromatic carbocycles. The van der Waals surface area contributed by atoms with Gasteiger partial charge in [0.05, 0.1) is 6.10 Å². The highest BCUT2D eigenvalue weighted by Gasteiger charge is 2.30. The van der Waals surface area contributed by atoms with Gasteiger partial charge >= 0.3 is 5.97 Å².